The average Bonchev–Trinajstić information content (AvgIpc) is 2.58. The van der Waals surface area contributed by atoms with Crippen LogP contribution < -0.4 is 4.90 Å². The van der Waals surface area contributed by atoms with Gasteiger partial charge >= 0.3 is 10.2 Å². The number of amides is 1. The Labute approximate surface area is 113 Å². The van der Waals surface area contributed by atoms with E-state index < -0.39 is 15.5 Å². The summed E-state index contributed by atoms with van der Waals surface area (Å²) in [5.41, 5.74) is 1.51. The molecule has 0 aromatic heterocycles. The lowest BCUT2D eigenvalue weighted by atomic mass is 10.2. The minimum atomic E-state index is -4.67. The van der Waals surface area contributed by atoms with Gasteiger partial charge in [-0.25, -0.2) is 0 Å². The third-order valence-corrected chi connectivity index (χ3v) is 4.40. The molecule has 1 saturated heterocycles. The van der Waals surface area contributed by atoms with Crippen molar-refractivity contribution in [1.29, 1.82) is 0 Å². The zero-order chi connectivity index (χ0) is 13.5. The van der Waals surface area contributed by atoms with Crippen molar-refractivity contribution in [3.05, 3.63) is 28.2 Å². The summed E-state index contributed by atoms with van der Waals surface area (Å²) >= 11 is 3.30. The molecule has 4 nitrogen and oxygen atoms in total. The molecule has 18 heavy (non-hydrogen) atoms. The molecule has 1 aromatic rings. The topological polar surface area (TPSA) is 54.5 Å². The van der Waals surface area contributed by atoms with Crippen molar-refractivity contribution in [3.8, 4) is 0 Å². The van der Waals surface area contributed by atoms with E-state index in [4.69, 9.17) is 0 Å². The Morgan fingerprint density at radius 1 is 1.39 bits per heavy atom. The summed E-state index contributed by atoms with van der Waals surface area (Å²) in [4.78, 5) is 13.0. The predicted octanol–water partition coefficient (Wildman–Crippen LogP) is 2.16. The van der Waals surface area contributed by atoms with Gasteiger partial charge in [0.1, 0.15) is 5.25 Å². The molecule has 0 N–H and O–H groups in total. The smallest absolute Gasteiger partial charge is 0.307 e. The maximum atomic E-state index is 12.9. The van der Waals surface area contributed by atoms with Crippen LogP contribution in [0.4, 0.5) is 9.57 Å². The van der Waals surface area contributed by atoms with E-state index in [1.165, 1.54) is 4.90 Å². The van der Waals surface area contributed by atoms with Gasteiger partial charge in [0.05, 0.1) is 0 Å². The van der Waals surface area contributed by atoms with Crippen LogP contribution in [0, 0.1) is 6.92 Å². The van der Waals surface area contributed by atoms with Gasteiger partial charge in [0, 0.05) is 23.1 Å². The van der Waals surface area contributed by atoms with Crippen LogP contribution in [0.3, 0.4) is 0 Å². The molecule has 1 aromatic carbocycles. The second-order valence-electron chi connectivity index (χ2n) is 4.29. The van der Waals surface area contributed by atoms with Crippen molar-refractivity contribution in [2.45, 2.75) is 18.6 Å². The van der Waals surface area contributed by atoms with E-state index in [1.807, 2.05) is 13.0 Å². The van der Waals surface area contributed by atoms with Crippen molar-refractivity contribution >= 4 is 37.7 Å². The summed E-state index contributed by atoms with van der Waals surface area (Å²) in [5.74, 6) is -0.376. The van der Waals surface area contributed by atoms with E-state index in [9.17, 15) is 17.1 Å². The molecule has 7 heteroatoms. The number of aryl methyl sites for hydroxylation is 1. The molecule has 0 aliphatic carbocycles. The van der Waals surface area contributed by atoms with Gasteiger partial charge in [-0.2, -0.15) is 8.42 Å². The Kier molecular flexibility index (Phi) is 3.46. The SMILES string of the molecule is Cc1cc(Br)cc(N2CC(S(=O)(=O)F)CC2=O)c1. The molecular formula is C11H11BrFNO3S. The molecule has 1 atom stereocenters. The normalized spacial score (nSPS) is 20.5. The van der Waals surface area contributed by atoms with Gasteiger partial charge in [0.25, 0.3) is 0 Å². The largest absolute Gasteiger partial charge is 0.311 e. The first-order valence-electron chi connectivity index (χ1n) is 5.28. The molecule has 1 amide bonds. The van der Waals surface area contributed by atoms with E-state index >= 15 is 0 Å². The Bertz CT molecular complexity index is 582. The second-order valence-corrected chi connectivity index (χ2v) is 6.83. The van der Waals surface area contributed by atoms with Crippen molar-refractivity contribution in [2.24, 2.45) is 0 Å². The highest BCUT2D eigenvalue weighted by Crippen LogP contribution is 2.28. The number of benzene rings is 1. The molecule has 0 radical (unpaired) electrons. The lowest BCUT2D eigenvalue weighted by Gasteiger charge is -2.17. The minimum absolute atomic E-state index is 0.131. The predicted molar refractivity (Wildman–Crippen MR) is 69.7 cm³/mol. The summed E-state index contributed by atoms with van der Waals surface area (Å²) < 4.78 is 35.4. The lowest BCUT2D eigenvalue weighted by Crippen LogP contribution is -2.26. The molecule has 1 aliphatic heterocycles. The maximum absolute atomic E-state index is 12.9. The number of rotatable bonds is 2. The standard InChI is InChI=1S/C11H11BrFNO3S/c1-7-2-8(12)4-9(3-7)14-6-10(5-11(14)15)18(13,16)17/h2-4,10H,5-6H2,1H3. The first-order valence-corrected chi connectivity index (χ1v) is 7.52. The first-order chi connectivity index (χ1) is 8.27. The molecular weight excluding hydrogens is 325 g/mol. The van der Waals surface area contributed by atoms with Crippen molar-refractivity contribution in [2.75, 3.05) is 11.4 Å². The highest BCUT2D eigenvalue weighted by Gasteiger charge is 2.39. The van der Waals surface area contributed by atoms with E-state index in [1.54, 1.807) is 12.1 Å². The van der Waals surface area contributed by atoms with Crippen molar-refractivity contribution in [1.82, 2.24) is 0 Å². The monoisotopic (exact) mass is 335 g/mol. The zero-order valence-corrected chi connectivity index (χ0v) is 12.0. The molecule has 1 unspecified atom stereocenters. The van der Waals surface area contributed by atoms with Crippen LogP contribution >= 0.6 is 15.9 Å². The summed E-state index contributed by atoms with van der Waals surface area (Å²) in [7, 11) is -4.67. The molecule has 1 heterocycles. The van der Waals surface area contributed by atoms with Gasteiger partial charge in [-0.15, -0.1) is 3.89 Å². The highest BCUT2D eigenvalue weighted by atomic mass is 79.9. The van der Waals surface area contributed by atoms with Crippen LogP contribution in [0.5, 0.6) is 0 Å². The summed E-state index contributed by atoms with van der Waals surface area (Å²) in [5, 5.41) is -1.26. The van der Waals surface area contributed by atoms with Crippen LogP contribution in [0.25, 0.3) is 0 Å². The van der Waals surface area contributed by atoms with E-state index in [2.05, 4.69) is 15.9 Å². The number of nitrogens with zero attached hydrogens (tertiary/aromatic N) is 1. The van der Waals surface area contributed by atoms with Crippen molar-refractivity contribution < 1.29 is 17.1 Å². The number of carbonyl (C=O) groups excluding carboxylic acids is 1. The first kappa shape index (κ1) is 13.5. The zero-order valence-electron chi connectivity index (χ0n) is 9.56. The molecule has 0 saturated carbocycles. The number of halogens is 2. The van der Waals surface area contributed by atoms with Crippen LogP contribution in [-0.2, 0) is 15.0 Å². The number of anilines is 1. The summed E-state index contributed by atoms with van der Waals surface area (Å²) in [6.07, 6.45) is -0.301. The fraction of sp³-hybridized carbons (Fsp3) is 0.364. The van der Waals surface area contributed by atoms with Gasteiger partial charge in [0.15, 0.2) is 0 Å². The molecule has 98 valence electrons. The number of carbonyl (C=O) groups is 1. The molecule has 1 fully saturated rings. The molecule has 0 spiro atoms. The highest BCUT2D eigenvalue weighted by molar-refractivity contribution is 9.10. The number of hydrogen-bond donors (Lipinski definition) is 0. The Morgan fingerprint density at radius 2 is 2.06 bits per heavy atom. The van der Waals surface area contributed by atoms with Crippen LogP contribution in [0.2, 0.25) is 0 Å². The number of hydrogen-bond acceptors (Lipinski definition) is 3. The molecule has 2 rings (SSSR count). The van der Waals surface area contributed by atoms with Crippen LogP contribution in [0.15, 0.2) is 22.7 Å². The molecule has 0 bridgehead atoms. The second kappa shape index (κ2) is 4.62. The van der Waals surface area contributed by atoms with Crippen LogP contribution in [-0.4, -0.2) is 26.1 Å². The Hall–Kier alpha value is -0.950. The third-order valence-electron chi connectivity index (χ3n) is 2.83. The van der Waals surface area contributed by atoms with Crippen molar-refractivity contribution in [3.63, 3.8) is 0 Å². The van der Waals surface area contributed by atoms with Gasteiger partial charge < -0.3 is 4.90 Å². The van der Waals surface area contributed by atoms with Gasteiger partial charge in [-0.05, 0) is 30.7 Å². The van der Waals surface area contributed by atoms with E-state index in [-0.39, 0.29) is 18.9 Å². The van der Waals surface area contributed by atoms with E-state index in [0.717, 1.165) is 10.0 Å². The minimum Gasteiger partial charge on any atom is -0.311 e. The quantitative estimate of drug-likeness (QED) is 0.778. The van der Waals surface area contributed by atoms with Gasteiger partial charge in [-0.3, -0.25) is 4.79 Å². The summed E-state index contributed by atoms with van der Waals surface area (Å²) in [6.45, 7) is 1.73. The summed E-state index contributed by atoms with van der Waals surface area (Å²) in [6, 6.07) is 5.33. The lowest BCUT2D eigenvalue weighted by molar-refractivity contribution is -0.117. The Morgan fingerprint density at radius 3 is 2.56 bits per heavy atom. The van der Waals surface area contributed by atoms with E-state index in [0.29, 0.717) is 5.69 Å². The third kappa shape index (κ3) is 2.72. The fourth-order valence-electron chi connectivity index (χ4n) is 1.99. The average molecular weight is 336 g/mol. The van der Waals surface area contributed by atoms with Gasteiger partial charge in [0.2, 0.25) is 5.91 Å². The maximum Gasteiger partial charge on any atom is 0.307 e. The van der Waals surface area contributed by atoms with Crippen LogP contribution in [0.1, 0.15) is 12.0 Å². The Balaban J connectivity index is 2.32. The fourth-order valence-corrected chi connectivity index (χ4v) is 3.25. The molecule has 1 aliphatic rings. The van der Waals surface area contributed by atoms with Gasteiger partial charge in [-0.1, -0.05) is 15.9 Å².